The van der Waals surface area contributed by atoms with Crippen molar-refractivity contribution in [3.05, 3.63) is 77.4 Å². The first kappa shape index (κ1) is 23.7. The minimum atomic E-state index is -0.230. The summed E-state index contributed by atoms with van der Waals surface area (Å²) in [5.74, 6) is 3.60. The highest BCUT2D eigenvalue weighted by Crippen LogP contribution is 2.60. The lowest BCUT2D eigenvalue weighted by atomic mass is 9.49. The molecule has 0 spiro atoms. The highest BCUT2D eigenvalue weighted by atomic mass is 32.2. The summed E-state index contributed by atoms with van der Waals surface area (Å²) in [6.07, 6.45) is 7.99. The SMILES string of the molecule is O=C(NCc1nnc(SCc2cccc(F)c2)n1CCc1ccccc1)C12CC3CC(CC(C3)C1)C2. The Balaban J connectivity index is 1.16. The average molecular weight is 505 g/mol. The Hall–Kier alpha value is -2.67. The molecule has 0 aliphatic heterocycles. The number of aryl methyl sites for hydroxylation is 1. The van der Waals surface area contributed by atoms with Gasteiger partial charge < -0.3 is 9.88 Å². The van der Waals surface area contributed by atoms with Gasteiger partial charge in [0.25, 0.3) is 0 Å². The van der Waals surface area contributed by atoms with E-state index in [1.54, 1.807) is 23.9 Å². The molecule has 4 saturated carbocycles. The quantitative estimate of drug-likeness (QED) is 0.375. The molecular weight excluding hydrogens is 471 g/mol. The van der Waals surface area contributed by atoms with Gasteiger partial charge >= 0.3 is 0 Å². The van der Waals surface area contributed by atoms with Gasteiger partial charge in [-0.2, -0.15) is 0 Å². The van der Waals surface area contributed by atoms with Crippen LogP contribution in [0.4, 0.5) is 4.39 Å². The predicted octanol–water partition coefficient (Wildman–Crippen LogP) is 5.78. The molecule has 0 atom stereocenters. The number of rotatable bonds is 9. The number of hydrogen-bond acceptors (Lipinski definition) is 4. The minimum Gasteiger partial charge on any atom is -0.348 e. The summed E-state index contributed by atoms with van der Waals surface area (Å²) in [7, 11) is 0. The van der Waals surface area contributed by atoms with Crippen molar-refractivity contribution in [2.24, 2.45) is 23.2 Å². The lowest BCUT2D eigenvalue weighted by Gasteiger charge is -2.55. The van der Waals surface area contributed by atoms with Crippen LogP contribution in [0.3, 0.4) is 0 Å². The van der Waals surface area contributed by atoms with Crippen molar-refractivity contribution in [1.29, 1.82) is 0 Å². The van der Waals surface area contributed by atoms with Crippen molar-refractivity contribution in [2.75, 3.05) is 0 Å². The van der Waals surface area contributed by atoms with Crippen molar-refractivity contribution < 1.29 is 9.18 Å². The molecule has 0 unspecified atom stereocenters. The van der Waals surface area contributed by atoms with E-state index < -0.39 is 0 Å². The van der Waals surface area contributed by atoms with Gasteiger partial charge in [-0.05, 0) is 86.0 Å². The summed E-state index contributed by atoms with van der Waals surface area (Å²) in [4.78, 5) is 13.5. The molecule has 1 amide bonds. The fourth-order valence-corrected chi connectivity index (χ4v) is 8.10. The van der Waals surface area contributed by atoms with E-state index in [2.05, 4.69) is 32.2 Å². The Bertz CT molecular complexity index is 1190. The molecule has 5 nitrogen and oxygen atoms in total. The first-order chi connectivity index (χ1) is 17.6. The van der Waals surface area contributed by atoms with Crippen LogP contribution in [-0.4, -0.2) is 20.7 Å². The molecule has 3 aromatic rings. The molecule has 1 aromatic heterocycles. The number of thioether (sulfide) groups is 1. The number of aromatic nitrogens is 3. The van der Waals surface area contributed by atoms with Gasteiger partial charge in [0.15, 0.2) is 11.0 Å². The second kappa shape index (κ2) is 10.0. The Morgan fingerprint density at radius 3 is 2.36 bits per heavy atom. The Morgan fingerprint density at radius 1 is 0.972 bits per heavy atom. The zero-order valence-corrected chi connectivity index (χ0v) is 21.4. The maximum atomic E-state index is 13.6. The Kier molecular flexibility index (Phi) is 6.59. The Morgan fingerprint density at radius 2 is 1.67 bits per heavy atom. The van der Waals surface area contributed by atoms with E-state index in [1.807, 2.05) is 24.3 Å². The molecule has 1 N–H and O–H groups in total. The van der Waals surface area contributed by atoms with E-state index in [-0.39, 0.29) is 17.1 Å². The molecular formula is C29H33FN4OS. The molecule has 1 heterocycles. The summed E-state index contributed by atoms with van der Waals surface area (Å²) in [6, 6.07) is 17.0. The normalized spacial score (nSPS) is 26.3. The van der Waals surface area contributed by atoms with Gasteiger partial charge in [-0.1, -0.05) is 54.2 Å². The van der Waals surface area contributed by atoms with E-state index in [4.69, 9.17) is 0 Å². The molecule has 4 aliphatic carbocycles. The zero-order chi connectivity index (χ0) is 24.5. The second-order valence-corrected chi connectivity index (χ2v) is 12.0. The third kappa shape index (κ3) is 4.95. The molecule has 4 bridgehead atoms. The standard InChI is InChI=1S/C29H33FN4OS/c30-25-8-4-7-21(14-25)19-36-28-33-32-26(34(28)10-9-20-5-2-1-3-6-20)18-31-27(35)29-15-22-11-23(16-29)13-24(12-22)17-29/h1-8,14,22-24H,9-13,15-19H2,(H,31,35). The monoisotopic (exact) mass is 504 g/mol. The predicted molar refractivity (Wildman–Crippen MR) is 139 cm³/mol. The first-order valence-electron chi connectivity index (χ1n) is 13.2. The number of halogens is 1. The van der Waals surface area contributed by atoms with Gasteiger partial charge in [0.1, 0.15) is 5.82 Å². The Labute approximate surface area is 216 Å². The summed E-state index contributed by atoms with van der Waals surface area (Å²) in [5.41, 5.74) is 1.99. The molecule has 4 fully saturated rings. The average Bonchev–Trinajstić information content (AvgIpc) is 3.26. The molecule has 0 radical (unpaired) electrons. The van der Waals surface area contributed by atoms with Gasteiger partial charge in [0.2, 0.25) is 5.91 Å². The van der Waals surface area contributed by atoms with Crippen LogP contribution in [-0.2, 0) is 30.1 Å². The first-order valence-corrected chi connectivity index (χ1v) is 14.2. The van der Waals surface area contributed by atoms with Gasteiger partial charge in [-0.3, -0.25) is 4.79 Å². The number of hydrogen-bond donors (Lipinski definition) is 1. The topological polar surface area (TPSA) is 59.8 Å². The molecule has 7 heteroatoms. The van der Waals surface area contributed by atoms with E-state index >= 15 is 0 Å². The van der Waals surface area contributed by atoms with E-state index in [0.29, 0.717) is 12.3 Å². The fourth-order valence-electron chi connectivity index (χ4n) is 7.18. The van der Waals surface area contributed by atoms with Gasteiger partial charge in [0.05, 0.1) is 6.54 Å². The van der Waals surface area contributed by atoms with Crippen molar-refractivity contribution in [2.45, 2.75) is 68.9 Å². The van der Waals surface area contributed by atoms with Crippen molar-refractivity contribution in [1.82, 2.24) is 20.1 Å². The highest BCUT2D eigenvalue weighted by molar-refractivity contribution is 7.98. The smallest absolute Gasteiger partial charge is 0.226 e. The van der Waals surface area contributed by atoms with Crippen LogP contribution in [0.1, 0.15) is 55.5 Å². The van der Waals surface area contributed by atoms with Crippen molar-refractivity contribution in [3.8, 4) is 0 Å². The minimum absolute atomic E-state index is 0.168. The molecule has 4 aliphatic rings. The van der Waals surface area contributed by atoms with Crippen LogP contribution in [0.25, 0.3) is 0 Å². The van der Waals surface area contributed by atoms with E-state index in [9.17, 15) is 9.18 Å². The van der Waals surface area contributed by atoms with E-state index in [1.165, 1.54) is 30.9 Å². The summed E-state index contributed by atoms with van der Waals surface area (Å²) in [6.45, 7) is 1.12. The summed E-state index contributed by atoms with van der Waals surface area (Å²) in [5, 5.41) is 13.0. The van der Waals surface area contributed by atoms with Gasteiger partial charge in [-0.15, -0.1) is 10.2 Å². The highest BCUT2D eigenvalue weighted by Gasteiger charge is 2.54. The third-order valence-corrected chi connectivity index (χ3v) is 9.48. The van der Waals surface area contributed by atoms with Crippen LogP contribution in [0.5, 0.6) is 0 Å². The van der Waals surface area contributed by atoms with E-state index in [0.717, 1.165) is 66.5 Å². The fraction of sp³-hybridized carbons (Fsp3) is 0.483. The summed E-state index contributed by atoms with van der Waals surface area (Å²) >= 11 is 1.56. The molecule has 36 heavy (non-hydrogen) atoms. The number of benzene rings is 2. The van der Waals surface area contributed by atoms with Crippen LogP contribution in [0.2, 0.25) is 0 Å². The number of amides is 1. The number of nitrogens with zero attached hydrogens (tertiary/aromatic N) is 3. The van der Waals surface area contributed by atoms with Crippen molar-refractivity contribution in [3.63, 3.8) is 0 Å². The molecule has 2 aromatic carbocycles. The molecule has 7 rings (SSSR count). The van der Waals surface area contributed by atoms with Crippen LogP contribution in [0.15, 0.2) is 59.8 Å². The number of carbonyl (C=O) groups excluding carboxylic acids is 1. The van der Waals surface area contributed by atoms with Gasteiger partial charge in [0, 0.05) is 17.7 Å². The number of carbonyl (C=O) groups is 1. The van der Waals surface area contributed by atoms with Crippen LogP contribution in [0, 0.1) is 29.0 Å². The lowest BCUT2D eigenvalue weighted by Crippen LogP contribution is -2.53. The number of nitrogens with one attached hydrogen (secondary N) is 1. The maximum Gasteiger partial charge on any atom is 0.226 e. The maximum absolute atomic E-state index is 13.6. The second-order valence-electron chi connectivity index (χ2n) is 11.1. The van der Waals surface area contributed by atoms with Crippen LogP contribution >= 0.6 is 11.8 Å². The van der Waals surface area contributed by atoms with Gasteiger partial charge in [-0.25, -0.2) is 4.39 Å². The largest absolute Gasteiger partial charge is 0.348 e. The summed E-state index contributed by atoms with van der Waals surface area (Å²) < 4.78 is 15.8. The third-order valence-electron chi connectivity index (χ3n) is 8.44. The molecule has 0 saturated heterocycles. The lowest BCUT2D eigenvalue weighted by molar-refractivity contribution is -0.146. The van der Waals surface area contributed by atoms with Crippen LogP contribution < -0.4 is 5.32 Å². The molecule has 188 valence electrons. The zero-order valence-electron chi connectivity index (χ0n) is 20.5. The van der Waals surface area contributed by atoms with Crippen molar-refractivity contribution >= 4 is 17.7 Å².